The SMILES string of the molecule is O=C(N[C@@H](c1ccccc1)c1ccc(C2CC2)c(F)n1)[C@@H]1C[C@@H](F)CN1C(=O)Cc1ccc(=O)[nH]c1. The summed E-state index contributed by atoms with van der Waals surface area (Å²) >= 11 is 0. The molecule has 9 heteroatoms. The van der Waals surface area contributed by atoms with Crippen molar-refractivity contribution in [3.05, 3.63) is 99.5 Å². The Bertz CT molecular complexity index is 1310. The molecule has 5 rings (SSSR count). The average Bonchev–Trinajstić information content (AvgIpc) is 3.64. The van der Waals surface area contributed by atoms with Crippen LogP contribution in [0.3, 0.4) is 0 Å². The number of H-pyrrole nitrogens is 1. The van der Waals surface area contributed by atoms with E-state index >= 15 is 0 Å². The van der Waals surface area contributed by atoms with E-state index < -0.39 is 36.0 Å². The minimum atomic E-state index is -1.34. The lowest BCUT2D eigenvalue weighted by molar-refractivity contribution is -0.138. The van der Waals surface area contributed by atoms with Gasteiger partial charge in [-0.05, 0) is 36.0 Å². The Kier molecular flexibility index (Phi) is 6.63. The number of nitrogens with zero attached hydrogens (tertiary/aromatic N) is 2. The number of aromatic nitrogens is 2. The number of nitrogens with one attached hydrogen (secondary N) is 2. The van der Waals surface area contributed by atoms with E-state index in [4.69, 9.17) is 0 Å². The quantitative estimate of drug-likeness (QED) is 0.496. The van der Waals surface area contributed by atoms with Crippen LogP contribution in [0.1, 0.15) is 53.6 Å². The molecule has 0 spiro atoms. The molecule has 0 radical (unpaired) electrons. The maximum Gasteiger partial charge on any atom is 0.247 e. The van der Waals surface area contributed by atoms with Gasteiger partial charge in [0, 0.05) is 24.2 Å². The first-order valence-corrected chi connectivity index (χ1v) is 12.0. The van der Waals surface area contributed by atoms with Gasteiger partial charge in [0.05, 0.1) is 24.7 Å². The summed E-state index contributed by atoms with van der Waals surface area (Å²) in [6, 6.07) is 13.5. The molecule has 3 heterocycles. The second-order valence-corrected chi connectivity index (χ2v) is 9.38. The highest BCUT2D eigenvalue weighted by Crippen LogP contribution is 2.41. The molecule has 0 unspecified atom stereocenters. The minimum Gasteiger partial charge on any atom is -0.342 e. The van der Waals surface area contributed by atoms with Crippen molar-refractivity contribution in [2.24, 2.45) is 0 Å². The third-order valence-corrected chi connectivity index (χ3v) is 6.71. The number of pyridine rings is 2. The first-order chi connectivity index (χ1) is 17.4. The van der Waals surface area contributed by atoms with Gasteiger partial charge in [-0.15, -0.1) is 0 Å². The summed E-state index contributed by atoms with van der Waals surface area (Å²) in [5.41, 5.74) is 1.86. The van der Waals surface area contributed by atoms with Crippen LogP contribution in [0.15, 0.2) is 65.6 Å². The summed E-state index contributed by atoms with van der Waals surface area (Å²) in [4.78, 5) is 45.5. The van der Waals surface area contributed by atoms with Crippen molar-refractivity contribution in [1.82, 2.24) is 20.2 Å². The number of likely N-dealkylation sites (tertiary alicyclic amines) is 1. The van der Waals surface area contributed by atoms with Crippen LogP contribution in [-0.4, -0.2) is 45.4 Å². The van der Waals surface area contributed by atoms with Crippen molar-refractivity contribution in [1.29, 1.82) is 0 Å². The first-order valence-electron chi connectivity index (χ1n) is 12.0. The smallest absolute Gasteiger partial charge is 0.247 e. The highest BCUT2D eigenvalue weighted by atomic mass is 19.1. The van der Waals surface area contributed by atoms with Crippen LogP contribution in [0.2, 0.25) is 0 Å². The molecule has 0 bridgehead atoms. The topological polar surface area (TPSA) is 95.2 Å². The number of carbonyl (C=O) groups is 2. The zero-order valence-corrected chi connectivity index (χ0v) is 19.5. The molecule has 2 amide bonds. The van der Waals surface area contributed by atoms with Crippen molar-refractivity contribution in [3.8, 4) is 0 Å². The number of amides is 2. The molecular weight excluding hydrogens is 466 g/mol. The average molecular weight is 493 g/mol. The molecule has 1 aliphatic carbocycles. The van der Waals surface area contributed by atoms with E-state index in [9.17, 15) is 23.2 Å². The van der Waals surface area contributed by atoms with E-state index in [1.54, 1.807) is 36.4 Å². The molecule has 2 N–H and O–H groups in total. The number of carbonyl (C=O) groups excluding carboxylic acids is 2. The number of rotatable bonds is 7. The van der Waals surface area contributed by atoms with Crippen molar-refractivity contribution >= 4 is 11.8 Å². The van der Waals surface area contributed by atoms with Crippen LogP contribution >= 0.6 is 0 Å². The summed E-state index contributed by atoms with van der Waals surface area (Å²) in [6.45, 7) is -0.195. The normalized spacial score (nSPS) is 20.2. The van der Waals surface area contributed by atoms with Crippen LogP contribution in [0, 0.1) is 5.95 Å². The highest BCUT2D eigenvalue weighted by Gasteiger charge is 2.40. The molecule has 1 aliphatic heterocycles. The van der Waals surface area contributed by atoms with Gasteiger partial charge in [-0.2, -0.15) is 4.39 Å². The second kappa shape index (κ2) is 10.0. The summed E-state index contributed by atoms with van der Waals surface area (Å²) in [6.07, 6.45) is 1.74. The van der Waals surface area contributed by atoms with Gasteiger partial charge in [0.2, 0.25) is 23.3 Å². The molecule has 2 aliphatic rings. The maximum atomic E-state index is 14.8. The molecule has 1 saturated heterocycles. The van der Waals surface area contributed by atoms with Gasteiger partial charge in [0.25, 0.3) is 0 Å². The summed E-state index contributed by atoms with van der Waals surface area (Å²) in [7, 11) is 0. The number of halogens is 2. The Hall–Kier alpha value is -3.88. The third-order valence-electron chi connectivity index (χ3n) is 6.71. The Labute approximate surface area is 206 Å². The van der Waals surface area contributed by atoms with Crippen LogP contribution in [0.5, 0.6) is 0 Å². The van der Waals surface area contributed by atoms with E-state index in [1.807, 2.05) is 6.07 Å². The summed E-state index contributed by atoms with van der Waals surface area (Å²) in [5, 5.41) is 2.88. The summed E-state index contributed by atoms with van der Waals surface area (Å²) in [5.74, 6) is -1.31. The highest BCUT2D eigenvalue weighted by molar-refractivity contribution is 5.89. The van der Waals surface area contributed by atoms with Crippen molar-refractivity contribution in [3.63, 3.8) is 0 Å². The van der Waals surface area contributed by atoms with Crippen molar-refractivity contribution < 1.29 is 18.4 Å². The monoisotopic (exact) mass is 492 g/mol. The van der Waals surface area contributed by atoms with Crippen LogP contribution in [0.4, 0.5) is 8.78 Å². The van der Waals surface area contributed by atoms with Gasteiger partial charge in [-0.3, -0.25) is 14.4 Å². The van der Waals surface area contributed by atoms with Gasteiger partial charge in [-0.25, -0.2) is 9.37 Å². The molecule has 2 fully saturated rings. The van der Waals surface area contributed by atoms with Gasteiger partial charge >= 0.3 is 0 Å². The number of benzene rings is 1. The molecule has 1 aromatic carbocycles. The number of aromatic amines is 1. The molecule has 3 atom stereocenters. The van der Waals surface area contributed by atoms with Gasteiger partial charge in [0.15, 0.2) is 0 Å². The predicted molar refractivity (Wildman–Crippen MR) is 128 cm³/mol. The summed E-state index contributed by atoms with van der Waals surface area (Å²) < 4.78 is 29.2. The Morgan fingerprint density at radius 3 is 2.56 bits per heavy atom. The Morgan fingerprint density at radius 2 is 1.89 bits per heavy atom. The lowest BCUT2D eigenvalue weighted by Crippen LogP contribution is -2.47. The van der Waals surface area contributed by atoms with Crippen LogP contribution in [-0.2, 0) is 16.0 Å². The fraction of sp³-hybridized carbons (Fsp3) is 0.333. The van der Waals surface area contributed by atoms with E-state index in [0.29, 0.717) is 22.4 Å². The number of hydrogen-bond donors (Lipinski definition) is 2. The van der Waals surface area contributed by atoms with Crippen molar-refractivity contribution in [2.45, 2.75) is 49.9 Å². The maximum absolute atomic E-state index is 14.8. The molecular formula is C27H26F2N4O3. The third kappa shape index (κ3) is 5.19. The van der Waals surface area contributed by atoms with Crippen LogP contribution in [0.25, 0.3) is 0 Å². The first kappa shape index (κ1) is 23.8. The molecule has 2 aromatic heterocycles. The van der Waals surface area contributed by atoms with E-state index in [-0.39, 0.29) is 30.9 Å². The van der Waals surface area contributed by atoms with Gasteiger partial charge in [-0.1, -0.05) is 42.5 Å². The Balaban J connectivity index is 1.37. The number of hydrogen-bond acceptors (Lipinski definition) is 4. The molecule has 7 nitrogen and oxygen atoms in total. The zero-order chi connectivity index (χ0) is 25.2. The lowest BCUT2D eigenvalue weighted by Gasteiger charge is -2.26. The number of alkyl halides is 1. The van der Waals surface area contributed by atoms with Crippen molar-refractivity contribution in [2.75, 3.05) is 6.54 Å². The van der Waals surface area contributed by atoms with E-state index in [2.05, 4.69) is 15.3 Å². The Morgan fingerprint density at radius 1 is 1.11 bits per heavy atom. The fourth-order valence-electron chi connectivity index (χ4n) is 4.67. The fourth-order valence-corrected chi connectivity index (χ4v) is 4.67. The largest absolute Gasteiger partial charge is 0.342 e. The standard InChI is InChI=1S/C27H26F2N4O3/c28-19-13-22(33(15-19)24(35)12-16-6-11-23(34)30-14-16)27(36)32-25(18-4-2-1-3-5-18)21-10-9-20(17-7-8-17)26(29)31-21/h1-6,9-11,14,17,19,22,25H,7-8,12-13,15H2,(H,30,34)(H,32,36)/t19-,22+,25+/m1/s1. The van der Waals surface area contributed by atoms with E-state index in [0.717, 1.165) is 12.8 Å². The second-order valence-electron chi connectivity index (χ2n) is 9.38. The molecule has 36 heavy (non-hydrogen) atoms. The predicted octanol–water partition coefficient (Wildman–Crippen LogP) is 3.17. The van der Waals surface area contributed by atoms with Gasteiger partial charge < -0.3 is 15.2 Å². The zero-order valence-electron chi connectivity index (χ0n) is 19.5. The lowest BCUT2D eigenvalue weighted by atomic mass is 10.0. The molecule has 1 saturated carbocycles. The van der Waals surface area contributed by atoms with Gasteiger partial charge in [0.1, 0.15) is 12.2 Å². The molecule has 186 valence electrons. The molecule has 3 aromatic rings. The minimum absolute atomic E-state index is 0.0786. The van der Waals surface area contributed by atoms with Crippen LogP contribution < -0.4 is 10.9 Å². The van der Waals surface area contributed by atoms with E-state index in [1.165, 1.54) is 23.2 Å².